The zero-order chi connectivity index (χ0) is 13.5. The molecule has 0 unspecified atom stereocenters. The molecule has 0 saturated heterocycles. The molecular weight excluding hydrogens is 228 g/mol. The minimum Gasteiger partial charge on any atom is -0.504 e. The number of aromatic hydroxyl groups is 2. The van der Waals surface area contributed by atoms with Crippen LogP contribution in [0.15, 0.2) is 6.07 Å². The number of phenolic OH excluding ortho intramolecular Hbond substituents is 2. The molecule has 0 heterocycles. The lowest BCUT2D eigenvalue weighted by molar-refractivity contribution is 0.373. The van der Waals surface area contributed by atoms with E-state index in [0.29, 0.717) is 5.75 Å². The van der Waals surface area contributed by atoms with Crippen LogP contribution < -0.4 is 4.74 Å². The van der Waals surface area contributed by atoms with Gasteiger partial charge in [0.25, 0.3) is 0 Å². The van der Waals surface area contributed by atoms with E-state index in [-0.39, 0.29) is 11.5 Å². The minimum absolute atomic E-state index is 0.00565. The maximum absolute atomic E-state index is 10.1. The van der Waals surface area contributed by atoms with E-state index in [4.69, 9.17) is 4.74 Å². The number of unbranched alkanes of at least 4 members (excludes halogenated alkanes) is 2. The van der Waals surface area contributed by atoms with Crippen molar-refractivity contribution >= 4 is 0 Å². The highest BCUT2D eigenvalue weighted by molar-refractivity contribution is 5.57. The van der Waals surface area contributed by atoms with Crippen LogP contribution in [0.4, 0.5) is 0 Å². The third-order valence-electron chi connectivity index (χ3n) is 3.22. The molecule has 0 fully saturated rings. The first kappa shape index (κ1) is 14.7. The van der Waals surface area contributed by atoms with E-state index in [1.807, 2.05) is 6.07 Å². The summed E-state index contributed by atoms with van der Waals surface area (Å²) in [6.45, 7) is 4.20. The van der Waals surface area contributed by atoms with Gasteiger partial charge in [-0.15, -0.1) is 0 Å². The highest BCUT2D eigenvalue weighted by Crippen LogP contribution is 2.40. The number of phenols is 2. The molecule has 0 radical (unpaired) electrons. The molecule has 1 rings (SSSR count). The van der Waals surface area contributed by atoms with Gasteiger partial charge in [0.2, 0.25) is 0 Å². The smallest absolute Gasteiger partial charge is 0.164 e. The fourth-order valence-corrected chi connectivity index (χ4v) is 2.06. The lowest BCUT2D eigenvalue weighted by Gasteiger charge is -2.15. The van der Waals surface area contributed by atoms with Crippen LogP contribution in [0.1, 0.15) is 50.7 Å². The lowest BCUT2D eigenvalue weighted by atomic mass is 9.99. The number of benzene rings is 1. The predicted molar refractivity (Wildman–Crippen MR) is 73.5 cm³/mol. The molecule has 0 aliphatic rings. The highest BCUT2D eigenvalue weighted by Gasteiger charge is 2.17. The summed E-state index contributed by atoms with van der Waals surface area (Å²) in [5, 5.41) is 20.1. The number of ether oxygens (including phenoxy) is 1. The van der Waals surface area contributed by atoms with Crippen LogP contribution in [0.25, 0.3) is 0 Å². The van der Waals surface area contributed by atoms with Crippen LogP contribution in [0.3, 0.4) is 0 Å². The molecule has 0 atom stereocenters. The van der Waals surface area contributed by atoms with Crippen molar-refractivity contribution in [2.45, 2.75) is 52.4 Å². The van der Waals surface area contributed by atoms with E-state index in [9.17, 15) is 10.2 Å². The van der Waals surface area contributed by atoms with E-state index in [2.05, 4.69) is 13.8 Å². The minimum atomic E-state index is -0.00565. The van der Waals surface area contributed by atoms with Crippen molar-refractivity contribution in [1.29, 1.82) is 0 Å². The average Bonchev–Trinajstić information content (AvgIpc) is 2.39. The van der Waals surface area contributed by atoms with Crippen molar-refractivity contribution < 1.29 is 14.9 Å². The first-order chi connectivity index (χ1) is 8.65. The molecule has 0 amide bonds. The van der Waals surface area contributed by atoms with Gasteiger partial charge >= 0.3 is 0 Å². The Labute approximate surface area is 109 Å². The summed E-state index contributed by atoms with van der Waals surface area (Å²) < 4.78 is 5.33. The second kappa shape index (κ2) is 7.14. The molecule has 1 aromatic carbocycles. The van der Waals surface area contributed by atoms with Gasteiger partial charge in [0.15, 0.2) is 11.5 Å². The third-order valence-corrected chi connectivity index (χ3v) is 3.22. The molecule has 2 N–H and O–H groups in total. The molecule has 0 aliphatic heterocycles. The van der Waals surface area contributed by atoms with Crippen molar-refractivity contribution in [1.82, 2.24) is 0 Å². The Balaban J connectivity index is 3.08. The van der Waals surface area contributed by atoms with Crippen molar-refractivity contribution in [3.8, 4) is 17.2 Å². The summed E-state index contributed by atoms with van der Waals surface area (Å²) in [7, 11) is 1.60. The van der Waals surface area contributed by atoms with Crippen LogP contribution in [0.2, 0.25) is 0 Å². The Bertz CT molecular complexity index is 386. The largest absolute Gasteiger partial charge is 0.504 e. The normalized spacial score (nSPS) is 10.6. The van der Waals surface area contributed by atoms with E-state index < -0.39 is 0 Å². The van der Waals surface area contributed by atoms with Crippen LogP contribution >= 0.6 is 0 Å². The maximum Gasteiger partial charge on any atom is 0.164 e. The van der Waals surface area contributed by atoms with Crippen LogP contribution in [-0.2, 0) is 12.8 Å². The fourth-order valence-electron chi connectivity index (χ4n) is 2.06. The molecule has 0 bridgehead atoms. The number of rotatable bonds is 7. The van der Waals surface area contributed by atoms with Gasteiger partial charge in [-0.25, -0.2) is 0 Å². The zero-order valence-corrected chi connectivity index (χ0v) is 11.6. The van der Waals surface area contributed by atoms with E-state index in [1.165, 1.54) is 0 Å². The fraction of sp³-hybridized carbons (Fsp3) is 0.600. The molecule has 102 valence electrons. The number of hydrogen-bond acceptors (Lipinski definition) is 3. The van der Waals surface area contributed by atoms with Gasteiger partial charge in [0.05, 0.1) is 7.11 Å². The first-order valence-corrected chi connectivity index (χ1v) is 6.76. The van der Waals surface area contributed by atoms with Gasteiger partial charge in [-0.05, 0) is 31.7 Å². The van der Waals surface area contributed by atoms with E-state index in [1.54, 1.807) is 7.11 Å². The molecule has 3 nitrogen and oxygen atoms in total. The van der Waals surface area contributed by atoms with E-state index >= 15 is 0 Å². The van der Waals surface area contributed by atoms with Gasteiger partial charge < -0.3 is 14.9 Å². The SMILES string of the molecule is CCCCc1cc(OC)c(CCCC)c(O)c1O. The quantitative estimate of drug-likeness (QED) is 0.726. The van der Waals surface area contributed by atoms with Gasteiger partial charge in [0, 0.05) is 11.1 Å². The molecule has 0 saturated carbocycles. The Kier molecular flexibility index (Phi) is 5.83. The van der Waals surface area contributed by atoms with Gasteiger partial charge in [-0.2, -0.15) is 0 Å². The lowest BCUT2D eigenvalue weighted by Crippen LogP contribution is -1.97. The predicted octanol–water partition coefficient (Wildman–Crippen LogP) is 3.79. The molecule has 1 aromatic rings. The molecule has 0 spiro atoms. The summed E-state index contributed by atoms with van der Waals surface area (Å²) in [5.41, 5.74) is 1.49. The summed E-state index contributed by atoms with van der Waals surface area (Å²) in [6, 6.07) is 1.86. The van der Waals surface area contributed by atoms with Gasteiger partial charge in [0.1, 0.15) is 5.75 Å². The van der Waals surface area contributed by atoms with E-state index in [0.717, 1.165) is 49.7 Å². The second-order valence-corrected chi connectivity index (χ2v) is 4.62. The topological polar surface area (TPSA) is 49.7 Å². The van der Waals surface area contributed by atoms with Crippen LogP contribution in [0.5, 0.6) is 17.2 Å². The van der Waals surface area contributed by atoms with Gasteiger partial charge in [-0.3, -0.25) is 0 Å². The summed E-state index contributed by atoms with van der Waals surface area (Å²) in [6.07, 6.45) is 5.55. The van der Waals surface area contributed by atoms with Crippen molar-refractivity contribution in [2.75, 3.05) is 7.11 Å². The summed E-state index contributed by atoms with van der Waals surface area (Å²) >= 11 is 0. The van der Waals surface area contributed by atoms with Crippen molar-refractivity contribution in [3.05, 3.63) is 17.2 Å². The number of methoxy groups -OCH3 is 1. The molecule has 3 heteroatoms. The zero-order valence-electron chi connectivity index (χ0n) is 11.6. The average molecular weight is 252 g/mol. The van der Waals surface area contributed by atoms with Crippen molar-refractivity contribution in [3.63, 3.8) is 0 Å². The molecule has 0 aromatic heterocycles. The molecule has 0 aliphatic carbocycles. The summed E-state index contributed by atoms with van der Waals surface area (Å²) in [5.74, 6) is 0.703. The Hall–Kier alpha value is -1.38. The first-order valence-electron chi connectivity index (χ1n) is 6.76. The Morgan fingerprint density at radius 3 is 2.17 bits per heavy atom. The monoisotopic (exact) mass is 252 g/mol. The van der Waals surface area contributed by atoms with Gasteiger partial charge in [-0.1, -0.05) is 26.7 Å². The highest BCUT2D eigenvalue weighted by atomic mass is 16.5. The number of hydrogen-bond donors (Lipinski definition) is 2. The summed E-state index contributed by atoms with van der Waals surface area (Å²) in [4.78, 5) is 0. The maximum atomic E-state index is 10.1. The molecule has 18 heavy (non-hydrogen) atoms. The van der Waals surface area contributed by atoms with Crippen molar-refractivity contribution in [2.24, 2.45) is 0 Å². The third kappa shape index (κ3) is 3.31. The van der Waals surface area contributed by atoms with Crippen LogP contribution in [-0.4, -0.2) is 17.3 Å². The number of aryl methyl sites for hydroxylation is 1. The Morgan fingerprint density at radius 2 is 1.61 bits per heavy atom. The van der Waals surface area contributed by atoms with Crippen LogP contribution in [0, 0.1) is 0 Å². The Morgan fingerprint density at radius 1 is 1.00 bits per heavy atom. The molecular formula is C15H24O3. The standard InChI is InChI=1S/C15H24O3/c1-4-6-8-11-10-13(18-3)12(9-7-5-2)15(17)14(11)16/h10,16-17H,4-9H2,1-3H3. The second-order valence-electron chi connectivity index (χ2n) is 4.62.